The average molecular weight is 309 g/mol. The van der Waals surface area contributed by atoms with E-state index in [1.165, 1.54) is 0 Å². The number of hydrogen-bond donors (Lipinski definition) is 1. The zero-order chi connectivity index (χ0) is 13.0. The maximum atomic E-state index is 11.8. The Morgan fingerprint density at radius 1 is 1.44 bits per heavy atom. The SMILES string of the molecule is Cn1cc(CCNC(=O)c2cncc(Br)c2)cn1. The van der Waals surface area contributed by atoms with Crippen molar-refractivity contribution in [3.05, 3.63) is 46.5 Å². The largest absolute Gasteiger partial charge is 0.352 e. The van der Waals surface area contributed by atoms with Crippen LogP contribution in [0.5, 0.6) is 0 Å². The number of carbonyl (C=O) groups excluding carboxylic acids is 1. The summed E-state index contributed by atoms with van der Waals surface area (Å²) in [6.45, 7) is 0.580. The van der Waals surface area contributed by atoms with Crippen LogP contribution < -0.4 is 5.32 Å². The maximum absolute atomic E-state index is 11.8. The zero-order valence-electron chi connectivity index (χ0n) is 9.93. The molecule has 0 aliphatic carbocycles. The molecule has 0 fully saturated rings. The Balaban J connectivity index is 1.85. The van der Waals surface area contributed by atoms with E-state index in [-0.39, 0.29) is 5.91 Å². The summed E-state index contributed by atoms with van der Waals surface area (Å²) in [5.74, 6) is -0.118. The van der Waals surface area contributed by atoms with Crippen LogP contribution in [0.3, 0.4) is 0 Å². The number of carbonyl (C=O) groups is 1. The molecule has 0 atom stereocenters. The Labute approximate surface area is 113 Å². The summed E-state index contributed by atoms with van der Waals surface area (Å²) < 4.78 is 2.54. The summed E-state index contributed by atoms with van der Waals surface area (Å²) in [5.41, 5.74) is 1.65. The first-order valence-electron chi connectivity index (χ1n) is 5.51. The van der Waals surface area contributed by atoms with E-state index in [1.807, 2.05) is 13.2 Å². The monoisotopic (exact) mass is 308 g/mol. The number of amides is 1. The number of rotatable bonds is 4. The number of hydrogen-bond acceptors (Lipinski definition) is 3. The van der Waals surface area contributed by atoms with Gasteiger partial charge in [0.05, 0.1) is 11.8 Å². The normalized spacial score (nSPS) is 10.3. The molecule has 1 amide bonds. The van der Waals surface area contributed by atoms with Crippen LogP contribution in [-0.2, 0) is 13.5 Å². The third-order valence-corrected chi connectivity index (χ3v) is 2.86. The first-order valence-corrected chi connectivity index (χ1v) is 6.31. The molecule has 0 saturated heterocycles. The van der Waals surface area contributed by atoms with E-state index in [2.05, 4.69) is 31.3 Å². The van der Waals surface area contributed by atoms with Crippen LogP contribution in [0.15, 0.2) is 35.3 Å². The minimum absolute atomic E-state index is 0.118. The molecular formula is C12H13BrN4O. The van der Waals surface area contributed by atoms with Crippen LogP contribution in [-0.4, -0.2) is 27.2 Å². The van der Waals surface area contributed by atoms with Gasteiger partial charge in [0.15, 0.2) is 0 Å². The minimum atomic E-state index is -0.118. The maximum Gasteiger partial charge on any atom is 0.252 e. The van der Waals surface area contributed by atoms with Gasteiger partial charge in [-0.25, -0.2) is 0 Å². The van der Waals surface area contributed by atoms with Crippen LogP contribution in [0.1, 0.15) is 15.9 Å². The Bertz CT molecular complexity index is 553. The van der Waals surface area contributed by atoms with Gasteiger partial charge in [-0.15, -0.1) is 0 Å². The van der Waals surface area contributed by atoms with Crippen LogP contribution in [0, 0.1) is 0 Å². The second-order valence-electron chi connectivity index (χ2n) is 3.92. The Morgan fingerprint density at radius 2 is 2.28 bits per heavy atom. The van der Waals surface area contributed by atoms with Crippen molar-refractivity contribution < 1.29 is 4.79 Å². The van der Waals surface area contributed by atoms with Crippen molar-refractivity contribution in [2.24, 2.45) is 7.05 Å². The van der Waals surface area contributed by atoms with Gasteiger partial charge in [-0.1, -0.05) is 0 Å². The summed E-state index contributed by atoms with van der Waals surface area (Å²) in [6, 6.07) is 1.74. The standard InChI is InChI=1S/C12H13BrN4O/c1-17-8-9(5-16-17)2-3-15-12(18)10-4-11(13)7-14-6-10/h4-8H,2-3H2,1H3,(H,15,18). The van der Waals surface area contributed by atoms with Crippen molar-refractivity contribution in [1.82, 2.24) is 20.1 Å². The molecule has 2 rings (SSSR count). The molecule has 18 heavy (non-hydrogen) atoms. The van der Waals surface area contributed by atoms with Gasteiger partial charge < -0.3 is 5.32 Å². The highest BCUT2D eigenvalue weighted by Gasteiger charge is 2.06. The van der Waals surface area contributed by atoms with Crippen LogP contribution in [0.2, 0.25) is 0 Å². The average Bonchev–Trinajstić information content (AvgIpc) is 2.75. The fourth-order valence-electron chi connectivity index (χ4n) is 1.56. The van der Waals surface area contributed by atoms with Gasteiger partial charge in [0, 0.05) is 36.7 Å². The molecular weight excluding hydrogens is 296 g/mol. The predicted octanol–water partition coefficient (Wildman–Crippen LogP) is 1.55. The van der Waals surface area contributed by atoms with Crippen LogP contribution >= 0.6 is 15.9 Å². The molecule has 94 valence electrons. The molecule has 2 aromatic rings. The minimum Gasteiger partial charge on any atom is -0.352 e. The second kappa shape index (κ2) is 5.77. The lowest BCUT2D eigenvalue weighted by Gasteiger charge is -2.04. The van der Waals surface area contributed by atoms with E-state index in [1.54, 1.807) is 29.3 Å². The fraction of sp³-hybridized carbons (Fsp3) is 0.250. The Morgan fingerprint density at radius 3 is 2.94 bits per heavy atom. The van der Waals surface area contributed by atoms with Crippen molar-refractivity contribution in [1.29, 1.82) is 0 Å². The van der Waals surface area contributed by atoms with Gasteiger partial charge in [0.2, 0.25) is 0 Å². The molecule has 0 saturated carbocycles. The van der Waals surface area contributed by atoms with E-state index < -0.39 is 0 Å². The summed E-state index contributed by atoms with van der Waals surface area (Å²) in [5, 5.41) is 6.92. The first-order chi connectivity index (χ1) is 8.65. The number of aromatic nitrogens is 3. The van der Waals surface area contributed by atoms with Crippen molar-refractivity contribution in [3.63, 3.8) is 0 Å². The number of nitrogens with one attached hydrogen (secondary N) is 1. The summed E-state index contributed by atoms with van der Waals surface area (Å²) >= 11 is 3.28. The summed E-state index contributed by atoms with van der Waals surface area (Å²) in [7, 11) is 1.87. The third kappa shape index (κ3) is 3.40. The molecule has 0 unspecified atom stereocenters. The smallest absolute Gasteiger partial charge is 0.252 e. The summed E-state index contributed by atoms with van der Waals surface area (Å²) in [4.78, 5) is 15.8. The lowest BCUT2D eigenvalue weighted by Crippen LogP contribution is -2.25. The van der Waals surface area contributed by atoms with Crippen molar-refractivity contribution >= 4 is 21.8 Å². The third-order valence-electron chi connectivity index (χ3n) is 2.42. The predicted molar refractivity (Wildman–Crippen MR) is 71.2 cm³/mol. The van der Waals surface area contributed by atoms with E-state index in [4.69, 9.17) is 0 Å². The van der Waals surface area contributed by atoms with Gasteiger partial charge >= 0.3 is 0 Å². The molecule has 0 aliphatic heterocycles. The molecule has 0 bridgehead atoms. The molecule has 0 spiro atoms. The Kier molecular flexibility index (Phi) is 4.09. The van der Waals surface area contributed by atoms with Gasteiger partial charge in [-0.2, -0.15) is 5.10 Å². The van der Waals surface area contributed by atoms with E-state index >= 15 is 0 Å². The van der Waals surface area contributed by atoms with Gasteiger partial charge in [0.1, 0.15) is 0 Å². The van der Waals surface area contributed by atoms with Crippen molar-refractivity contribution in [2.45, 2.75) is 6.42 Å². The second-order valence-corrected chi connectivity index (χ2v) is 4.84. The quantitative estimate of drug-likeness (QED) is 0.932. The molecule has 0 aromatic carbocycles. The molecule has 0 radical (unpaired) electrons. The van der Waals surface area contributed by atoms with Gasteiger partial charge in [0.25, 0.3) is 5.91 Å². The van der Waals surface area contributed by atoms with Crippen LogP contribution in [0.25, 0.3) is 0 Å². The Hall–Kier alpha value is -1.69. The van der Waals surface area contributed by atoms with Crippen molar-refractivity contribution in [2.75, 3.05) is 6.54 Å². The van der Waals surface area contributed by atoms with E-state index in [9.17, 15) is 4.79 Å². The summed E-state index contributed by atoms with van der Waals surface area (Å²) in [6.07, 6.45) is 7.69. The highest BCUT2D eigenvalue weighted by molar-refractivity contribution is 9.10. The van der Waals surface area contributed by atoms with Crippen LogP contribution in [0.4, 0.5) is 0 Å². The number of halogens is 1. The van der Waals surface area contributed by atoms with Crippen molar-refractivity contribution in [3.8, 4) is 0 Å². The molecule has 5 nitrogen and oxygen atoms in total. The van der Waals surface area contributed by atoms with Gasteiger partial charge in [-0.3, -0.25) is 14.5 Å². The molecule has 2 heterocycles. The first kappa shape index (κ1) is 12.8. The number of aryl methyl sites for hydroxylation is 1. The number of nitrogens with zero attached hydrogens (tertiary/aromatic N) is 3. The highest BCUT2D eigenvalue weighted by atomic mass is 79.9. The molecule has 2 aromatic heterocycles. The highest BCUT2D eigenvalue weighted by Crippen LogP contribution is 2.09. The van der Waals surface area contributed by atoms with E-state index in [0.717, 1.165) is 16.5 Å². The molecule has 1 N–H and O–H groups in total. The lowest BCUT2D eigenvalue weighted by molar-refractivity contribution is 0.0953. The molecule has 6 heteroatoms. The van der Waals surface area contributed by atoms with Gasteiger partial charge in [-0.05, 0) is 34.0 Å². The topological polar surface area (TPSA) is 59.8 Å². The zero-order valence-corrected chi connectivity index (χ0v) is 11.5. The van der Waals surface area contributed by atoms with E-state index in [0.29, 0.717) is 12.1 Å². The molecule has 0 aliphatic rings. The lowest BCUT2D eigenvalue weighted by atomic mass is 10.2. The number of pyridine rings is 1. The fourth-order valence-corrected chi connectivity index (χ4v) is 1.92.